The van der Waals surface area contributed by atoms with E-state index in [1.807, 2.05) is 0 Å². The molecule has 0 saturated carbocycles. The first-order valence-corrected chi connectivity index (χ1v) is 7.02. The van der Waals surface area contributed by atoms with Crippen LogP contribution < -0.4 is 5.73 Å². The van der Waals surface area contributed by atoms with Gasteiger partial charge in [0.05, 0.1) is 6.04 Å². The largest absolute Gasteiger partial charge is 0.320 e. The van der Waals surface area contributed by atoms with E-state index in [0.29, 0.717) is 0 Å². The van der Waals surface area contributed by atoms with Crippen molar-refractivity contribution in [2.24, 2.45) is 5.73 Å². The maximum Gasteiger partial charge on any atom is 0.0562 e. The van der Waals surface area contributed by atoms with Crippen LogP contribution in [-0.2, 0) is 6.42 Å². The molecule has 1 nitrogen and oxygen atoms in total. The van der Waals surface area contributed by atoms with Crippen LogP contribution in [0.1, 0.15) is 35.2 Å². The van der Waals surface area contributed by atoms with E-state index in [2.05, 4.69) is 72.2 Å². The summed E-state index contributed by atoms with van der Waals surface area (Å²) in [6.45, 7) is 4.24. The number of nitrogens with two attached hydrogens (primary N) is 1. The van der Waals surface area contributed by atoms with Gasteiger partial charge in [-0.25, -0.2) is 0 Å². The van der Waals surface area contributed by atoms with Crippen LogP contribution in [0.25, 0.3) is 0 Å². The molecule has 0 aliphatic rings. The molecule has 1 atom stereocenters. The summed E-state index contributed by atoms with van der Waals surface area (Å²) < 4.78 is 1.11. The van der Waals surface area contributed by atoms with Crippen LogP contribution in [0.3, 0.4) is 0 Å². The van der Waals surface area contributed by atoms with Crippen LogP contribution in [0.5, 0.6) is 0 Å². The molecule has 2 rings (SSSR count). The van der Waals surface area contributed by atoms with Crippen molar-refractivity contribution in [2.75, 3.05) is 0 Å². The van der Waals surface area contributed by atoms with Crippen LogP contribution in [-0.4, -0.2) is 0 Å². The molecular weight excluding hydrogens is 286 g/mol. The summed E-state index contributed by atoms with van der Waals surface area (Å²) in [7, 11) is 0. The molecule has 0 radical (unpaired) electrons. The molecule has 0 fully saturated rings. The van der Waals surface area contributed by atoms with Crippen molar-refractivity contribution >= 4 is 15.9 Å². The fourth-order valence-electron chi connectivity index (χ4n) is 2.05. The highest BCUT2D eigenvalue weighted by atomic mass is 79.9. The molecule has 2 aromatic rings. The number of benzene rings is 2. The molecule has 0 saturated heterocycles. The maximum atomic E-state index is 6.35. The first-order chi connectivity index (χ1) is 8.63. The van der Waals surface area contributed by atoms with E-state index in [9.17, 15) is 0 Å². The SMILES string of the molecule is CCc1ccc(C(N)c2cccc(C)c2Br)cc1. The molecule has 2 aromatic carbocycles. The monoisotopic (exact) mass is 303 g/mol. The fraction of sp³-hybridized carbons (Fsp3) is 0.250. The number of halogens is 1. The Kier molecular flexibility index (Phi) is 4.20. The molecule has 94 valence electrons. The van der Waals surface area contributed by atoms with Crippen molar-refractivity contribution < 1.29 is 0 Å². The number of aryl methyl sites for hydroxylation is 2. The Balaban J connectivity index is 2.35. The first-order valence-electron chi connectivity index (χ1n) is 6.23. The third-order valence-corrected chi connectivity index (χ3v) is 4.39. The molecule has 0 aliphatic carbocycles. The van der Waals surface area contributed by atoms with E-state index in [1.165, 1.54) is 11.1 Å². The second-order valence-corrected chi connectivity index (χ2v) is 5.34. The van der Waals surface area contributed by atoms with Gasteiger partial charge in [0.1, 0.15) is 0 Å². The minimum absolute atomic E-state index is 0.0785. The molecule has 0 bridgehead atoms. The van der Waals surface area contributed by atoms with Crippen molar-refractivity contribution in [2.45, 2.75) is 26.3 Å². The van der Waals surface area contributed by atoms with Crippen molar-refractivity contribution in [3.63, 3.8) is 0 Å². The Morgan fingerprint density at radius 2 is 1.78 bits per heavy atom. The van der Waals surface area contributed by atoms with Crippen molar-refractivity contribution in [1.82, 2.24) is 0 Å². The van der Waals surface area contributed by atoms with E-state index in [-0.39, 0.29) is 6.04 Å². The molecule has 1 unspecified atom stereocenters. The number of hydrogen-bond donors (Lipinski definition) is 1. The van der Waals surface area contributed by atoms with Gasteiger partial charge in [-0.15, -0.1) is 0 Å². The zero-order chi connectivity index (χ0) is 13.1. The average molecular weight is 304 g/mol. The molecule has 0 heterocycles. The Bertz CT molecular complexity index is 531. The standard InChI is InChI=1S/C16H18BrN/c1-3-12-7-9-13(10-8-12)16(18)14-6-4-5-11(2)15(14)17/h4-10,16H,3,18H2,1-2H3. The van der Waals surface area contributed by atoms with Gasteiger partial charge in [-0.2, -0.15) is 0 Å². The molecular formula is C16H18BrN. The number of hydrogen-bond acceptors (Lipinski definition) is 1. The highest BCUT2D eigenvalue weighted by Gasteiger charge is 2.12. The minimum atomic E-state index is -0.0785. The van der Waals surface area contributed by atoms with Gasteiger partial charge < -0.3 is 5.73 Å². The highest BCUT2D eigenvalue weighted by Crippen LogP contribution is 2.29. The summed E-state index contributed by atoms with van der Waals surface area (Å²) >= 11 is 3.63. The lowest BCUT2D eigenvalue weighted by atomic mass is 9.97. The molecule has 0 spiro atoms. The van der Waals surface area contributed by atoms with Gasteiger partial charge in [0.25, 0.3) is 0 Å². The maximum absolute atomic E-state index is 6.35. The summed E-state index contributed by atoms with van der Waals surface area (Å²) in [6.07, 6.45) is 1.06. The second kappa shape index (κ2) is 5.68. The molecule has 2 N–H and O–H groups in total. The van der Waals surface area contributed by atoms with Crippen LogP contribution in [0.4, 0.5) is 0 Å². The Morgan fingerprint density at radius 3 is 2.39 bits per heavy atom. The predicted molar refractivity (Wildman–Crippen MR) is 80.7 cm³/mol. The van der Waals surface area contributed by atoms with Gasteiger partial charge in [-0.1, -0.05) is 65.3 Å². The Hall–Kier alpha value is -1.12. The van der Waals surface area contributed by atoms with Crippen LogP contribution >= 0.6 is 15.9 Å². The summed E-state index contributed by atoms with van der Waals surface area (Å²) in [5.41, 5.74) is 11.2. The van der Waals surface area contributed by atoms with Gasteiger partial charge >= 0.3 is 0 Å². The highest BCUT2D eigenvalue weighted by molar-refractivity contribution is 9.10. The third-order valence-electron chi connectivity index (χ3n) is 3.30. The normalized spacial score (nSPS) is 12.4. The van der Waals surface area contributed by atoms with Crippen LogP contribution in [0.15, 0.2) is 46.9 Å². The van der Waals surface area contributed by atoms with Gasteiger partial charge in [0.15, 0.2) is 0 Å². The smallest absolute Gasteiger partial charge is 0.0562 e. The van der Waals surface area contributed by atoms with Crippen molar-refractivity contribution in [3.05, 3.63) is 69.2 Å². The van der Waals surface area contributed by atoms with E-state index in [1.54, 1.807) is 0 Å². The quantitative estimate of drug-likeness (QED) is 0.895. The summed E-state index contributed by atoms with van der Waals surface area (Å²) in [4.78, 5) is 0. The average Bonchev–Trinajstić information content (AvgIpc) is 2.41. The Labute approximate surface area is 117 Å². The van der Waals surface area contributed by atoms with Crippen molar-refractivity contribution in [3.8, 4) is 0 Å². The van der Waals surface area contributed by atoms with Gasteiger partial charge in [0.2, 0.25) is 0 Å². The lowest BCUT2D eigenvalue weighted by molar-refractivity contribution is 0.862. The number of rotatable bonds is 3. The summed E-state index contributed by atoms with van der Waals surface area (Å²) in [5, 5.41) is 0. The zero-order valence-electron chi connectivity index (χ0n) is 10.8. The lowest BCUT2D eigenvalue weighted by Gasteiger charge is -2.16. The topological polar surface area (TPSA) is 26.0 Å². The van der Waals surface area contributed by atoms with Gasteiger partial charge in [-0.3, -0.25) is 0 Å². The molecule has 2 heteroatoms. The fourth-order valence-corrected chi connectivity index (χ4v) is 2.56. The third kappa shape index (κ3) is 2.65. The van der Waals surface area contributed by atoms with E-state index in [4.69, 9.17) is 5.73 Å². The van der Waals surface area contributed by atoms with Gasteiger partial charge in [0, 0.05) is 4.47 Å². The summed E-state index contributed by atoms with van der Waals surface area (Å²) in [5.74, 6) is 0. The van der Waals surface area contributed by atoms with Crippen molar-refractivity contribution in [1.29, 1.82) is 0 Å². The van der Waals surface area contributed by atoms with Crippen LogP contribution in [0, 0.1) is 6.92 Å². The predicted octanol–water partition coefficient (Wildman–Crippen LogP) is 4.37. The molecule has 0 aromatic heterocycles. The zero-order valence-corrected chi connectivity index (χ0v) is 12.4. The Morgan fingerprint density at radius 1 is 1.11 bits per heavy atom. The first kappa shape index (κ1) is 13.3. The summed E-state index contributed by atoms with van der Waals surface area (Å²) in [6, 6.07) is 14.7. The second-order valence-electron chi connectivity index (χ2n) is 4.55. The molecule has 18 heavy (non-hydrogen) atoms. The van der Waals surface area contributed by atoms with Crippen LogP contribution in [0.2, 0.25) is 0 Å². The van der Waals surface area contributed by atoms with E-state index >= 15 is 0 Å². The lowest BCUT2D eigenvalue weighted by Crippen LogP contribution is -2.12. The van der Waals surface area contributed by atoms with Gasteiger partial charge in [-0.05, 0) is 35.6 Å². The molecule has 0 aliphatic heterocycles. The van der Waals surface area contributed by atoms with E-state index < -0.39 is 0 Å². The molecule has 0 amide bonds. The minimum Gasteiger partial charge on any atom is -0.320 e. The van der Waals surface area contributed by atoms with E-state index in [0.717, 1.165) is 22.0 Å².